The zero-order valence-corrected chi connectivity index (χ0v) is 30.8. The molecule has 2 aromatic carbocycles. The van der Waals surface area contributed by atoms with Crippen LogP contribution in [0.4, 0.5) is 4.79 Å². The highest BCUT2D eigenvalue weighted by Gasteiger charge is 2.61. The van der Waals surface area contributed by atoms with Crippen molar-refractivity contribution >= 4 is 45.3 Å². The smallest absolute Gasteiger partial charge is 0.408 e. The van der Waals surface area contributed by atoms with Crippen molar-refractivity contribution in [3.05, 3.63) is 70.8 Å². The first-order valence-corrected chi connectivity index (χ1v) is 20.5. The molecule has 3 amide bonds. The second-order valence-electron chi connectivity index (χ2n) is 15.0. The van der Waals surface area contributed by atoms with Gasteiger partial charge >= 0.3 is 6.09 Å². The lowest BCUT2D eigenvalue weighted by Crippen LogP contribution is -2.56. The monoisotopic (exact) mass is 751 g/mol. The van der Waals surface area contributed by atoms with Crippen LogP contribution in [0.5, 0.6) is 11.5 Å². The van der Waals surface area contributed by atoms with Crippen LogP contribution in [0.3, 0.4) is 0 Å². The molecule has 3 fully saturated rings. The van der Waals surface area contributed by atoms with E-state index < -0.39 is 44.8 Å². The molecule has 0 bridgehead atoms. The third-order valence-corrected chi connectivity index (χ3v) is 13.2. The van der Waals surface area contributed by atoms with Gasteiger partial charge in [-0.2, -0.15) is 0 Å². The van der Waals surface area contributed by atoms with Crippen molar-refractivity contribution in [2.45, 2.75) is 120 Å². The molecule has 1 unspecified atom stereocenters. The van der Waals surface area contributed by atoms with E-state index in [1.807, 2.05) is 24.3 Å². The third kappa shape index (κ3) is 8.33. The molecular formula is C39H46ClN3O8S. The molecule has 2 aromatic rings. The Balaban J connectivity index is 1.19. The molecule has 2 heterocycles. The predicted molar refractivity (Wildman–Crippen MR) is 194 cm³/mol. The number of nitrogens with one attached hydrogen (secondary N) is 2. The fourth-order valence-electron chi connectivity index (χ4n) is 7.90. The number of ketones is 1. The zero-order chi connectivity index (χ0) is 36.5. The summed E-state index contributed by atoms with van der Waals surface area (Å²) in [5.74, 6) is -0.599. The van der Waals surface area contributed by atoms with Gasteiger partial charge in [0.05, 0.1) is 16.7 Å². The van der Waals surface area contributed by atoms with E-state index in [2.05, 4.69) is 10.0 Å². The Bertz CT molecular complexity index is 1860. The minimum absolute atomic E-state index is 0.108. The number of amides is 3. The van der Waals surface area contributed by atoms with E-state index >= 15 is 0 Å². The largest absolute Gasteiger partial charge is 0.457 e. The van der Waals surface area contributed by atoms with Crippen LogP contribution in [0.25, 0.3) is 0 Å². The predicted octanol–water partition coefficient (Wildman–Crippen LogP) is 6.52. The molecule has 7 rings (SSSR count). The summed E-state index contributed by atoms with van der Waals surface area (Å²) in [6, 6.07) is 10.7. The van der Waals surface area contributed by atoms with Gasteiger partial charge in [-0.1, -0.05) is 48.7 Å². The summed E-state index contributed by atoms with van der Waals surface area (Å²) in [4.78, 5) is 57.5. The van der Waals surface area contributed by atoms with E-state index in [-0.39, 0.29) is 43.1 Å². The summed E-state index contributed by atoms with van der Waals surface area (Å²) in [7, 11) is -3.84. The van der Waals surface area contributed by atoms with Crippen LogP contribution in [0.1, 0.15) is 94.6 Å². The quantitative estimate of drug-likeness (QED) is 0.304. The Morgan fingerprint density at radius 3 is 2.44 bits per heavy atom. The molecule has 4 atom stereocenters. The number of ether oxygens (including phenoxy) is 2. The lowest BCUT2D eigenvalue weighted by atomic mass is 9.85. The number of carbonyl (C=O) groups is 4. The van der Waals surface area contributed by atoms with Gasteiger partial charge in [-0.3, -0.25) is 19.1 Å². The summed E-state index contributed by atoms with van der Waals surface area (Å²) in [5, 5.41) is 2.78. The van der Waals surface area contributed by atoms with Crippen LogP contribution in [-0.2, 0) is 42.1 Å². The number of carbonyl (C=O) groups excluding carboxylic acids is 4. The molecule has 5 aliphatic rings. The molecule has 11 nitrogen and oxygen atoms in total. The van der Waals surface area contributed by atoms with Crippen LogP contribution in [0.2, 0.25) is 5.02 Å². The maximum absolute atomic E-state index is 14.6. The van der Waals surface area contributed by atoms with Crippen molar-refractivity contribution in [2.24, 2.45) is 11.3 Å². The molecule has 3 saturated carbocycles. The summed E-state index contributed by atoms with van der Waals surface area (Å²) in [6.45, 7) is 0.108. The number of fused-ring (bicyclic) bond motifs is 3. The highest BCUT2D eigenvalue weighted by Crippen LogP contribution is 2.57. The second kappa shape index (κ2) is 15.2. The number of hydrogen-bond acceptors (Lipinski definition) is 8. The minimum atomic E-state index is -3.84. The molecule has 2 aliphatic heterocycles. The molecule has 278 valence electrons. The zero-order valence-electron chi connectivity index (χ0n) is 29.2. The minimum Gasteiger partial charge on any atom is -0.457 e. The molecule has 0 saturated heterocycles. The average molecular weight is 752 g/mol. The van der Waals surface area contributed by atoms with Gasteiger partial charge in [-0.25, -0.2) is 13.2 Å². The van der Waals surface area contributed by atoms with E-state index in [9.17, 15) is 27.6 Å². The van der Waals surface area contributed by atoms with Crippen LogP contribution >= 0.6 is 11.6 Å². The number of rotatable bonds is 7. The maximum atomic E-state index is 14.6. The Kier molecular flexibility index (Phi) is 10.7. The van der Waals surface area contributed by atoms with Crippen LogP contribution < -0.4 is 14.8 Å². The molecule has 52 heavy (non-hydrogen) atoms. The van der Waals surface area contributed by atoms with E-state index in [4.69, 9.17) is 21.1 Å². The SMILES string of the molecule is O=C(N[C@H]1CCCCC/C=C\[C@@H]2C[C@@]2(C(=O)NS(=O)(=O)C2CC2)CC(=O)C2Cc3cc(Oc4cccc(Cl)c4)ccc3CN2C1=O)OC1CCCC1. The van der Waals surface area contributed by atoms with Gasteiger partial charge < -0.3 is 19.7 Å². The number of allylic oxidation sites excluding steroid dienone is 2. The van der Waals surface area contributed by atoms with Gasteiger partial charge in [0.25, 0.3) is 0 Å². The Labute approximate surface area is 309 Å². The molecule has 13 heteroatoms. The standard InChI is InChI=1S/C39H46ClN3O8S/c40-28-10-8-13-30(21-28)50-31-16-15-25-24-43-34(20-26(25)19-31)35(44)23-39(37(46)42-52(48,49)32-17-18-32)22-27(39)9-4-2-1-3-5-14-33(36(43)45)41-38(47)51-29-11-6-7-12-29/h4,8-10,13,15-16,19,21,27,29,32-34H,1-3,5-7,11-12,14,17-18,20,22-24H2,(H,41,47)(H,42,46)/b9-4-/t27-,33+,34?,39-/m1/s1. The van der Waals surface area contributed by atoms with Crippen LogP contribution in [0, 0.1) is 11.3 Å². The molecule has 0 aromatic heterocycles. The van der Waals surface area contributed by atoms with Crippen molar-refractivity contribution in [3.8, 4) is 11.5 Å². The van der Waals surface area contributed by atoms with Gasteiger partial charge in [-0.15, -0.1) is 0 Å². The number of alkyl carbamates (subject to hydrolysis) is 1. The first kappa shape index (κ1) is 36.5. The van der Waals surface area contributed by atoms with Crippen molar-refractivity contribution in [2.75, 3.05) is 0 Å². The number of sulfonamides is 1. The van der Waals surface area contributed by atoms with Crippen LogP contribution in [0.15, 0.2) is 54.6 Å². The first-order chi connectivity index (χ1) is 25.0. The van der Waals surface area contributed by atoms with E-state index in [0.29, 0.717) is 48.6 Å². The molecule has 0 radical (unpaired) electrons. The normalized spacial score (nSPS) is 27.6. The van der Waals surface area contributed by atoms with Crippen molar-refractivity contribution in [1.29, 1.82) is 0 Å². The highest BCUT2D eigenvalue weighted by molar-refractivity contribution is 7.90. The fourth-order valence-corrected chi connectivity index (χ4v) is 9.46. The topological polar surface area (TPSA) is 148 Å². The van der Waals surface area contributed by atoms with Crippen molar-refractivity contribution < 1.29 is 37.1 Å². The number of hydrogen-bond donors (Lipinski definition) is 2. The maximum Gasteiger partial charge on any atom is 0.408 e. The fraction of sp³-hybridized carbons (Fsp3) is 0.538. The van der Waals surface area contributed by atoms with Crippen molar-refractivity contribution in [3.63, 3.8) is 0 Å². The molecule has 3 aliphatic carbocycles. The summed E-state index contributed by atoms with van der Waals surface area (Å²) >= 11 is 6.17. The molecule has 2 N–H and O–H groups in total. The van der Waals surface area contributed by atoms with E-state index in [1.54, 1.807) is 30.3 Å². The molecular weight excluding hydrogens is 706 g/mol. The lowest BCUT2D eigenvalue weighted by molar-refractivity contribution is -0.143. The number of halogens is 1. The third-order valence-electron chi connectivity index (χ3n) is 11.2. The number of Topliss-reactive ketones (excluding diaryl/α,β-unsaturated/α-hetero) is 1. The Hall–Kier alpha value is -3.90. The van der Waals surface area contributed by atoms with Crippen LogP contribution in [-0.4, -0.2) is 60.4 Å². The lowest BCUT2D eigenvalue weighted by Gasteiger charge is -2.39. The van der Waals surface area contributed by atoms with E-state index in [0.717, 1.165) is 56.1 Å². The van der Waals surface area contributed by atoms with Gasteiger partial charge in [-0.05, 0) is 112 Å². The first-order valence-electron chi connectivity index (χ1n) is 18.6. The summed E-state index contributed by atoms with van der Waals surface area (Å²) in [5.41, 5.74) is 0.411. The van der Waals surface area contributed by atoms with E-state index in [1.165, 1.54) is 4.90 Å². The average Bonchev–Trinajstić information content (AvgIpc) is 4.03. The number of benzene rings is 2. The Morgan fingerprint density at radius 2 is 1.67 bits per heavy atom. The second-order valence-corrected chi connectivity index (χ2v) is 17.4. The van der Waals surface area contributed by atoms with Crippen molar-refractivity contribution in [1.82, 2.24) is 14.9 Å². The summed E-state index contributed by atoms with van der Waals surface area (Å²) < 4.78 is 39.8. The van der Waals surface area contributed by atoms with Gasteiger partial charge in [0.2, 0.25) is 21.8 Å². The van der Waals surface area contributed by atoms with Gasteiger partial charge in [0, 0.05) is 24.4 Å². The highest BCUT2D eigenvalue weighted by atomic mass is 35.5. The Morgan fingerprint density at radius 1 is 0.904 bits per heavy atom. The molecule has 0 spiro atoms. The summed E-state index contributed by atoms with van der Waals surface area (Å²) in [6.07, 6.45) is 11.4. The van der Waals surface area contributed by atoms with Gasteiger partial charge in [0.15, 0.2) is 5.78 Å². The number of nitrogens with zero attached hydrogens (tertiary/aromatic N) is 1. The van der Waals surface area contributed by atoms with Gasteiger partial charge in [0.1, 0.15) is 23.6 Å².